The highest BCUT2D eigenvalue weighted by Crippen LogP contribution is 2.34. The molecule has 5 nitrogen and oxygen atoms in total. The van der Waals surface area contributed by atoms with E-state index in [1.807, 2.05) is 42.5 Å². The lowest BCUT2D eigenvalue weighted by Crippen LogP contribution is -2.33. The van der Waals surface area contributed by atoms with Gasteiger partial charge in [0.2, 0.25) is 0 Å². The minimum Gasteiger partial charge on any atom is -0.344 e. The van der Waals surface area contributed by atoms with E-state index in [2.05, 4.69) is 149 Å². The second-order valence-corrected chi connectivity index (χ2v) is 12.8. The number of nitrogens with zero attached hydrogens (tertiary/aromatic N) is 4. The fourth-order valence-electron chi connectivity index (χ4n) is 6.80. The molecule has 7 aromatic carbocycles. The molecule has 1 aliphatic rings. The van der Waals surface area contributed by atoms with Gasteiger partial charge in [0.15, 0.2) is 11.7 Å². The largest absolute Gasteiger partial charge is 0.344 e. The second kappa shape index (κ2) is 13.7. The highest BCUT2D eigenvalue weighted by molar-refractivity contribution is 6.13. The van der Waals surface area contributed by atoms with Crippen molar-refractivity contribution in [1.82, 2.24) is 15.3 Å². The minimum absolute atomic E-state index is 0.291. The third kappa shape index (κ3) is 6.28. The average Bonchev–Trinajstić information content (AvgIpc) is 3.24. The van der Waals surface area contributed by atoms with Crippen LogP contribution in [-0.2, 0) is 0 Å². The summed E-state index contributed by atoms with van der Waals surface area (Å²) < 4.78 is 0. The molecular weight excluding hydrogens is 635 g/mol. The van der Waals surface area contributed by atoms with Crippen molar-refractivity contribution in [3.8, 4) is 44.8 Å². The normalized spacial score (nSPS) is 14.0. The molecule has 9 rings (SSSR count). The van der Waals surface area contributed by atoms with E-state index in [-0.39, 0.29) is 6.17 Å². The number of benzene rings is 7. The summed E-state index contributed by atoms with van der Waals surface area (Å²) in [5.41, 5.74) is 10.8. The molecule has 2 heterocycles. The Kier molecular flexibility index (Phi) is 8.20. The lowest BCUT2D eigenvalue weighted by molar-refractivity contribution is 0.674. The number of hydrogen-bond acceptors (Lipinski definition) is 5. The Bertz CT molecular complexity index is 2560. The first-order valence-electron chi connectivity index (χ1n) is 17.4. The molecule has 1 N–H and O–H groups in total. The number of aromatic nitrogens is 2. The molecule has 52 heavy (non-hydrogen) atoms. The van der Waals surface area contributed by atoms with Crippen molar-refractivity contribution >= 4 is 22.4 Å². The molecule has 0 spiro atoms. The summed E-state index contributed by atoms with van der Waals surface area (Å²) in [5.74, 6) is 2.17. The topological polar surface area (TPSA) is 62.5 Å². The van der Waals surface area contributed by atoms with Crippen LogP contribution in [0.2, 0.25) is 0 Å². The third-order valence-corrected chi connectivity index (χ3v) is 9.46. The zero-order valence-electron chi connectivity index (χ0n) is 28.3. The molecule has 1 unspecified atom stereocenters. The molecule has 1 aromatic heterocycles. The van der Waals surface area contributed by atoms with Gasteiger partial charge in [-0.2, -0.15) is 0 Å². The van der Waals surface area contributed by atoms with Crippen molar-refractivity contribution in [2.45, 2.75) is 6.17 Å². The van der Waals surface area contributed by atoms with E-state index in [1.54, 1.807) is 12.4 Å². The maximum atomic E-state index is 5.14. The van der Waals surface area contributed by atoms with Gasteiger partial charge in [0.1, 0.15) is 12.0 Å². The summed E-state index contributed by atoms with van der Waals surface area (Å²) in [6.07, 6.45) is 3.25. The van der Waals surface area contributed by atoms with Crippen LogP contribution < -0.4 is 5.32 Å². The smallest absolute Gasteiger partial charge is 0.159 e. The third-order valence-electron chi connectivity index (χ3n) is 9.46. The predicted molar refractivity (Wildman–Crippen MR) is 213 cm³/mol. The first-order valence-corrected chi connectivity index (χ1v) is 17.4. The van der Waals surface area contributed by atoms with Crippen molar-refractivity contribution in [3.63, 3.8) is 0 Å². The Balaban J connectivity index is 1.16. The number of fused-ring (bicyclic) bond motifs is 1. The van der Waals surface area contributed by atoms with Crippen LogP contribution in [0.3, 0.4) is 0 Å². The van der Waals surface area contributed by atoms with E-state index in [1.165, 1.54) is 21.9 Å². The van der Waals surface area contributed by atoms with Crippen molar-refractivity contribution in [2.24, 2.45) is 9.98 Å². The zero-order chi connectivity index (χ0) is 34.7. The maximum absolute atomic E-state index is 5.14. The monoisotopic (exact) mass is 667 g/mol. The van der Waals surface area contributed by atoms with E-state index in [0.29, 0.717) is 11.7 Å². The Morgan fingerprint density at radius 3 is 1.71 bits per heavy atom. The number of aliphatic imine (C=N–C) groups is 2. The fraction of sp³-hybridized carbons (Fsp3) is 0.0213. The van der Waals surface area contributed by atoms with Crippen LogP contribution in [0.4, 0.5) is 0 Å². The summed E-state index contributed by atoms with van der Waals surface area (Å²) in [7, 11) is 0. The van der Waals surface area contributed by atoms with Crippen LogP contribution in [0, 0.1) is 0 Å². The summed E-state index contributed by atoms with van der Waals surface area (Å²) in [6, 6.07) is 61.4. The van der Waals surface area contributed by atoms with Crippen molar-refractivity contribution < 1.29 is 0 Å². The summed E-state index contributed by atoms with van der Waals surface area (Å²) in [5, 5.41) is 6.15. The van der Waals surface area contributed by atoms with Crippen LogP contribution in [0.5, 0.6) is 0 Å². The van der Waals surface area contributed by atoms with E-state index >= 15 is 0 Å². The van der Waals surface area contributed by atoms with Crippen LogP contribution >= 0.6 is 0 Å². The number of nitrogens with one attached hydrogen (secondary N) is 1. The van der Waals surface area contributed by atoms with Crippen molar-refractivity contribution in [3.05, 3.63) is 205 Å². The number of rotatable bonds is 7. The van der Waals surface area contributed by atoms with Gasteiger partial charge in [-0.15, -0.1) is 0 Å². The molecule has 0 saturated carbocycles. The van der Waals surface area contributed by atoms with E-state index < -0.39 is 0 Å². The highest BCUT2D eigenvalue weighted by atomic mass is 15.2. The molecule has 0 bridgehead atoms. The van der Waals surface area contributed by atoms with Gasteiger partial charge in [-0.05, 0) is 74.0 Å². The number of hydrogen-bond donors (Lipinski definition) is 1. The first kappa shape index (κ1) is 31.0. The van der Waals surface area contributed by atoms with Crippen LogP contribution in [0.15, 0.2) is 198 Å². The molecule has 0 fully saturated rings. The van der Waals surface area contributed by atoms with Crippen molar-refractivity contribution in [2.75, 3.05) is 0 Å². The standard InChI is InChI=1S/C47H33N5/c1-3-12-36(13-4-1)45-50-46(37-14-5-2-6-15-37)52-47(51-45)41-30-39(29-40(31-41)33-21-25-38(26-22-33)44-48-27-10-28-49-44)32-19-23-35(24-20-32)43-18-9-16-34-11-7-8-17-42(34)43/h1-31,45H,(H,50,51,52). The Morgan fingerprint density at radius 1 is 0.423 bits per heavy atom. The Labute approximate surface area is 302 Å². The van der Waals surface area contributed by atoms with Gasteiger partial charge in [0.25, 0.3) is 0 Å². The average molecular weight is 668 g/mol. The van der Waals surface area contributed by atoms with Crippen LogP contribution in [0.25, 0.3) is 55.5 Å². The second-order valence-electron chi connectivity index (χ2n) is 12.8. The van der Waals surface area contributed by atoms with E-state index in [0.717, 1.165) is 50.3 Å². The van der Waals surface area contributed by atoms with Gasteiger partial charge >= 0.3 is 0 Å². The SMILES string of the molecule is c1ccc(C2=NC(c3ccccc3)NC(c3cc(-c4ccc(-c5ncccn5)cc4)cc(-c4ccc(-c5cccc6ccccc56)cc4)c3)=N2)cc1. The molecule has 0 aliphatic carbocycles. The molecule has 0 amide bonds. The van der Waals surface area contributed by atoms with Gasteiger partial charge in [-0.1, -0.05) is 152 Å². The predicted octanol–water partition coefficient (Wildman–Crippen LogP) is 10.8. The molecule has 1 aliphatic heterocycles. The first-order chi connectivity index (χ1) is 25.7. The number of amidine groups is 2. The molecule has 1 atom stereocenters. The van der Waals surface area contributed by atoms with E-state index in [9.17, 15) is 0 Å². The van der Waals surface area contributed by atoms with Crippen molar-refractivity contribution in [1.29, 1.82) is 0 Å². The van der Waals surface area contributed by atoms with Crippen LogP contribution in [0.1, 0.15) is 22.9 Å². The van der Waals surface area contributed by atoms with Gasteiger partial charge in [-0.3, -0.25) is 0 Å². The summed E-state index contributed by atoms with van der Waals surface area (Å²) in [4.78, 5) is 19.1. The minimum atomic E-state index is -0.291. The molecule has 246 valence electrons. The lowest BCUT2D eigenvalue weighted by atomic mass is 9.93. The fourth-order valence-corrected chi connectivity index (χ4v) is 6.80. The summed E-state index contributed by atoms with van der Waals surface area (Å²) >= 11 is 0. The lowest BCUT2D eigenvalue weighted by Gasteiger charge is -2.24. The Morgan fingerprint density at radius 2 is 1.00 bits per heavy atom. The maximum Gasteiger partial charge on any atom is 0.159 e. The highest BCUT2D eigenvalue weighted by Gasteiger charge is 2.22. The molecule has 5 heteroatoms. The van der Waals surface area contributed by atoms with Gasteiger partial charge in [0, 0.05) is 29.1 Å². The Hall–Kier alpha value is -6.98. The summed E-state index contributed by atoms with van der Waals surface area (Å²) in [6.45, 7) is 0. The van der Waals surface area contributed by atoms with E-state index in [4.69, 9.17) is 9.98 Å². The molecule has 0 saturated heterocycles. The quantitative estimate of drug-likeness (QED) is 0.184. The zero-order valence-corrected chi connectivity index (χ0v) is 28.3. The van der Waals surface area contributed by atoms with Gasteiger partial charge in [-0.25, -0.2) is 20.0 Å². The molecule has 0 radical (unpaired) electrons. The molecular formula is C47H33N5. The van der Waals surface area contributed by atoms with Gasteiger partial charge in [0.05, 0.1) is 0 Å². The van der Waals surface area contributed by atoms with Crippen LogP contribution in [-0.4, -0.2) is 21.6 Å². The van der Waals surface area contributed by atoms with Gasteiger partial charge < -0.3 is 5.32 Å². The molecule has 8 aromatic rings.